The Morgan fingerprint density at radius 1 is 0.385 bits per heavy atom. The Balaban J connectivity index is 1.25. The van der Waals surface area contributed by atoms with Crippen LogP contribution in [0.25, 0.3) is 33.8 Å². The first-order chi connectivity index (χ1) is 36.7. The van der Waals surface area contributed by atoms with Crippen molar-refractivity contribution in [2.45, 2.75) is 142 Å². The molecular formula is C69H90N6O3. The van der Waals surface area contributed by atoms with Gasteiger partial charge in [0.1, 0.15) is 0 Å². The van der Waals surface area contributed by atoms with Crippen LogP contribution in [0.2, 0.25) is 0 Å². The zero-order valence-electron chi connectivity index (χ0n) is 49.9. The van der Waals surface area contributed by atoms with Gasteiger partial charge in [0.15, 0.2) is 0 Å². The summed E-state index contributed by atoms with van der Waals surface area (Å²) in [5, 5.41) is 0. The molecule has 6 aromatic rings. The van der Waals surface area contributed by atoms with Gasteiger partial charge in [-0.15, -0.1) is 0 Å². The van der Waals surface area contributed by atoms with Gasteiger partial charge < -0.3 is 14.7 Å². The average Bonchev–Trinajstić information content (AvgIpc) is 3.38. The molecule has 3 heterocycles. The average molecular weight is 1050 g/mol. The minimum atomic E-state index is -0.636. The second-order valence-electron chi connectivity index (χ2n) is 27.3. The van der Waals surface area contributed by atoms with Crippen LogP contribution in [-0.2, 0) is 33.6 Å². The van der Waals surface area contributed by atoms with E-state index in [4.69, 9.17) is 15.0 Å². The van der Waals surface area contributed by atoms with Crippen LogP contribution in [-0.4, -0.2) is 52.3 Å². The molecule has 0 unspecified atom stereocenters. The standard InChI is InChI=1S/C69H90N6O3/c1-46(2)34-49-16-22-52(23-17-49)61-31-28-58(40-70-61)73(43-67(7,8)9)64(76)55-37-56(65(77)74(44-68(10,11)12)59-29-32-62(71-41-59)53-24-18-50(19-25-53)35-47(3)4)39-57(38-55)66(78)75(45-69(13,14)15)60-30-33-63(72-42-60)54-26-20-51(21-27-54)36-48(5)6/h16-33,40-42,46-48,55-57H,34-39,43-45H2,1-15H3. The van der Waals surface area contributed by atoms with E-state index in [0.29, 0.717) is 73.7 Å². The van der Waals surface area contributed by atoms with Gasteiger partial charge in [-0.25, -0.2) is 0 Å². The molecule has 78 heavy (non-hydrogen) atoms. The predicted molar refractivity (Wildman–Crippen MR) is 324 cm³/mol. The molecule has 9 heteroatoms. The molecule has 0 bridgehead atoms. The molecular weight excluding hydrogens is 961 g/mol. The van der Waals surface area contributed by atoms with E-state index in [1.165, 1.54) is 16.7 Å². The van der Waals surface area contributed by atoms with Gasteiger partial charge in [0.2, 0.25) is 17.7 Å². The zero-order chi connectivity index (χ0) is 56.7. The fourth-order valence-corrected chi connectivity index (χ4v) is 10.9. The van der Waals surface area contributed by atoms with Crippen molar-refractivity contribution < 1.29 is 14.4 Å². The van der Waals surface area contributed by atoms with E-state index in [1.807, 2.05) is 51.1 Å². The number of hydrogen-bond acceptors (Lipinski definition) is 6. The Kier molecular flexibility index (Phi) is 19.0. The summed E-state index contributed by atoms with van der Waals surface area (Å²) in [5.41, 5.74) is 10.6. The number of carbonyl (C=O) groups excluding carboxylic acids is 3. The summed E-state index contributed by atoms with van der Waals surface area (Å²) in [4.78, 5) is 67.3. The lowest BCUT2D eigenvalue weighted by Gasteiger charge is -2.41. The number of rotatable bonds is 18. The number of anilines is 3. The topological polar surface area (TPSA) is 99.6 Å². The molecule has 0 N–H and O–H groups in total. The lowest BCUT2D eigenvalue weighted by atomic mass is 9.73. The van der Waals surface area contributed by atoms with Crippen LogP contribution >= 0.6 is 0 Å². The fraction of sp³-hybridized carbons (Fsp3) is 0.478. The molecule has 1 aliphatic rings. The molecule has 414 valence electrons. The molecule has 3 aromatic carbocycles. The largest absolute Gasteiger partial charge is 0.310 e. The van der Waals surface area contributed by atoms with Crippen LogP contribution in [0.5, 0.6) is 0 Å². The first-order valence-corrected chi connectivity index (χ1v) is 28.8. The Hall–Kier alpha value is -6.48. The molecule has 0 aliphatic heterocycles. The lowest BCUT2D eigenvalue weighted by Crippen LogP contribution is -2.50. The maximum atomic E-state index is 15.7. The molecule has 1 aliphatic carbocycles. The smallest absolute Gasteiger partial charge is 0.230 e. The minimum absolute atomic E-state index is 0.103. The van der Waals surface area contributed by atoms with Crippen LogP contribution in [0.1, 0.15) is 140 Å². The first-order valence-electron chi connectivity index (χ1n) is 28.8. The number of pyridine rings is 3. The third kappa shape index (κ3) is 16.5. The zero-order valence-corrected chi connectivity index (χ0v) is 49.9. The van der Waals surface area contributed by atoms with Gasteiger partial charge in [0.05, 0.1) is 52.7 Å². The van der Waals surface area contributed by atoms with E-state index >= 15 is 14.4 Å². The predicted octanol–water partition coefficient (Wildman–Crippen LogP) is 16.0. The van der Waals surface area contributed by atoms with E-state index in [0.717, 1.165) is 53.0 Å². The molecule has 0 atom stereocenters. The molecule has 0 saturated heterocycles. The number of nitrogens with zero attached hydrogens (tertiary/aromatic N) is 6. The van der Waals surface area contributed by atoms with E-state index in [2.05, 4.69) is 177 Å². The molecule has 7 rings (SSSR count). The summed E-state index contributed by atoms with van der Waals surface area (Å²) < 4.78 is 0. The highest BCUT2D eigenvalue weighted by molar-refractivity contribution is 6.01. The van der Waals surface area contributed by atoms with Gasteiger partial charge in [-0.05, 0) is 126 Å². The van der Waals surface area contributed by atoms with E-state index in [1.54, 1.807) is 18.6 Å². The van der Waals surface area contributed by atoms with Gasteiger partial charge in [0.25, 0.3) is 0 Å². The van der Waals surface area contributed by atoms with Crippen LogP contribution in [0.3, 0.4) is 0 Å². The van der Waals surface area contributed by atoms with Crippen molar-refractivity contribution in [3.05, 3.63) is 144 Å². The maximum Gasteiger partial charge on any atom is 0.230 e. The monoisotopic (exact) mass is 1050 g/mol. The van der Waals surface area contributed by atoms with E-state index in [9.17, 15) is 0 Å². The molecule has 1 saturated carbocycles. The highest BCUT2D eigenvalue weighted by Gasteiger charge is 2.44. The fourth-order valence-electron chi connectivity index (χ4n) is 10.9. The Labute approximate surface area is 468 Å². The summed E-state index contributed by atoms with van der Waals surface area (Å²) in [7, 11) is 0. The highest BCUT2D eigenvalue weighted by atomic mass is 16.2. The first kappa shape index (κ1) is 59.2. The summed E-state index contributed by atoms with van der Waals surface area (Å²) in [5.74, 6) is -0.531. The Morgan fingerprint density at radius 3 is 0.795 bits per heavy atom. The third-order valence-electron chi connectivity index (χ3n) is 14.3. The van der Waals surface area contributed by atoms with Crippen molar-refractivity contribution in [2.24, 2.45) is 51.8 Å². The molecule has 3 amide bonds. The molecule has 3 aromatic heterocycles. The number of amides is 3. The van der Waals surface area contributed by atoms with Crippen molar-refractivity contribution in [1.82, 2.24) is 15.0 Å². The van der Waals surface area contributed by atoms with Gasteiger partial charge in [0, 0.05) is 54.1 Å². The maximum absolute atomic E-state index is 15.7. The van der Waals surface area contributed by atoms with Gasteiger partial charge in [-0.1, -0.05) is 177 Å². The lowest BCUT2D eigenvalue weighted by molar-refractivity contribution is -0.132. The van der Waals surface area contributed by atoms with Gasteiger partial charge in [-0.2, -0.15) is 0 Å². The Bertz CT molecular complexity index is 2580. The highest BCUT2D eigenvalue weighted by Crippen LogP contribution is 2.41. The second kappa shape index (κ2) is 25.1. The van der Waals surface area contributed by atoms with Gasteiger partial charge >= 0.3 is 0 Å². The van der Waals surface area contributed by atoms with Crippen molar-refractivity contribution in [3.63, 3.8) is 0 Å². The molecule has 0 radical (unpaired) electrons. The summed E-state index contributed by atoms with van der Waals surface area (Å²) in [6.45, 7) is 33.8. The van der Waals surface area contributed by atoms with Crippen LogP contribution in [0.4, 0.5) is 17.1 Å². The number of benzene rings is 3. The summed E-state index contributed by atoms with van der Waals surface area (Å²) in [6, 6.07) is 37.7. The number of aromatic nitrogens is 3. The van der Waals surface area contributed by atoms with Crippen molar-refractivity contribution in [1.29, 1.82) is 0 Å². The van der Waals surface area contributed by atoms with Crippen molar-refractivity contribution in [3.8, 4) is 33.8 Å². The SMILES string of the molecule is CC(C)Cc1ccc(-c2ccc(N(CC(C)(C)C)C(=O)C3CC(C(=O)N(CC(C)(C)C)c4ccc(-c5ccc(CC(C)C)cc5)nc4)CC(C(=O)N(CC(C)(C)C)c4ccc(-c5ccc(CC(C)C)cc5)nc4)C3)cn2)cc1. The van der Waals surface area contributed by atoms with Crippen molar-refractivity contribution in [2.75, 3.05) is 34.3 Å². The second-order valence-corrected chi connectivity index (χ2v) is 27.3. The van der Waals surface area contributed by atoms with E-state index in [-0.39, 0.29) is 34.0 Å². The van der Waals surface area contributed by atoms with Crippen LogP contribution in [0, 0.1) is 51.8 Å². The van der Waals surface area contributed by atoms with Crippen LogP contribution < -0.4 is 14.7 Å². The van der Waals surface area contributed by atoms with Crippen molar-refractivity contribution >= 4 is 34.8 Å². The Morgan fingerprint density at radius 2 is 0.615 bits per heavy atom. The summed E-state index contributed by atoms with van der Waals surface area (Å²) >= 11 is 0. The molecule has 1 fully saturated rings. The quantitative estimate of drug-likeness (QED) is 0.0850. The molecule has 0 spiro atoms. The minimum Gasteiger partial charge on any atom is -0.310 e. The van der Waals surface area contributed by atoms with Crippen LogP contribution in [0.15, 0.2) is 128 Å². The molecule has 9 nitrogen and oxygen atoms in total. The number of carbonyl (C=O) groups is 3. The van der Waals surface area contributed by atoms with E-state index < -0.39 is 17.8 Å². The van der Waals surface area contributed by atoms with Gasteiger partial charge in [-0.3, -0.25) is 29.3 Å². The third-order valence-corrected chi connectivity index (χ3v) is 14.3. The normalized spacial score (nSPS) is 16.2. The number of hydrogen-bond donors (Lipinski definition) is 0. The summed E-state index contributed by atoms with van der Waals surface area (Å²) in [6.07, 6.45) is 9.35.